The predicted octanol–water partition coefficient (Wildman–Crippen LogP) is 6.60. The van der Waals surface area contributed by atoms with Gasteiger partial charge in [-0.05, 0) is 94.5 Å². The zero-order valence-electron chi connectivity index (χ0n) is 21.0. The lowest BCUT2D eigenvalue weighted by Gasteiger charge is -2.27. The van der Waals surface area contributed by atoms with Crippen LogP contribution in [0.5, 0.6) is 0 Å². The van der Waals surface area contributed by atoms with Gasteiger partial charge >= 0.3 is 5.97 Å². The van der Waals surface area contributed by atoms with Crippen molar-refractivity contribution in [2.45, 2.75) is 78.1 Å². The minimum absolute atomic E-state index is 0.167. The molecular weight excluding hydrogens is 446 g/mol. The molecule has 1 aliphatic rings. The normalized spacial score (nSPS) is 19.7. The van der Waals surface area contributed by atoms with Crippen LogP contribution in [0.3, 0.4) is 0 Å². The van der Waals surface area contributed by atoms with Crippen molar-refractivity contribution >= 4 is 17.7 Å². The number of esters is 1. The van der Waals surface area contributed by atoms with Crippen molar-refractivity contribution < 1.29 is 27.8 Å². The van der Waals surface area contributed by atoms with Crippen molar-refractivity contribution in [3.8, 4) is 0 Å². The summed E-state index contributed by atoms with van der Waals surface area (Å²) >= 11 is 0.735. The first-order valence-electron chi connectivity index (χ1n) is 11.9. The number of thioether (sulfide) groups is 1. The average molecular weight is 487 g/mol. The molecule has 33 heavy (non-hydrogen) atoms. The highest BCUT2D eigenvalue weighted by Crippen LogP contribution is 2.38. The number of alkyl halides is 2. The molecule has 0 spiro atoms. The van der Waals surface area contributed by atoms with E-state index in [9.17, 15) is 13.6 Å². The van der Waals surface area contributed by atoms with E-state index < -0.39 is 16.8 Å². The van der Waals surface area contributed by atoms with Crippen LogP contribution in [-0.4, -0.2) is 49.0 Å². The molecule has 0 N–H and O–H groups in total. The minimum Gasteiger partial charge on any atom is -0.456 e. The highest BCUT2D eigenvalue weighted by atomic mass is 32.2. The molecule has 0 aromatic heterocycles. The van der Waals surface area contributed by atoms with Gasteiger partial charge in [-0.1, -0.05) is 18.7 Å². The lowest BCUT2D eigenvalue weighted by Crippen LogP contribution is -2.24. The van der Waals surface area contributed by atoms with E-state index in [1.54, 1.807) is 46.8 Å². The number of halogens is 2. The lowest BCUT2D eigenvalue weighted by molar-refractivity contribution is 0.00692. The smallest absolute Gasteiger partial charge is 0.338 e. The Morgan fingerprint density at radius 1 is 1.09 bits per heavy atom. The van der Waals surface area contributed by atoms with Gasteiger partial charge in [-0.2, -0.15) is 8.78 Å². The lowest BCUT2D eigenvalue weighted by atomic mass is 9.88. The molecule has 0 bridgehead atoms. The number of benzene rings is 1. The molecule has 0 radical (unpaired) electrons. The Kier molecular flexibility index (Phi) is 10.6. The molecule has 7 heteroatoms. The van der Waals surface area contributed by atoms with Gasteiger partial charge in [-0.25, -0.2) is 4.79 Å². The van der Waals surface area contributed by atoms with Gasteiger partial charge in [0.05, 0.1) is 18.8 Å². The fourth-order valence-corrected chi connectivity index (χ4v) is 5.12. The molecule has 2 rings (SSSR count). The number of ether oxygens (including phenoxy) is 3. The minimum atomic E-state index is -2.88. The Hall–Kier alpha value is -1.18. The van der Waals surface area contributed by atoms with Crippen molar-refractivity contribution in [2.75, 3.05) is 32.2 Å². The van der Waals surface area contributed by atoms with Crippen LogP contribution >= 0.6 is 11.8 Å². The van der Waals surface area contributed by atoms with Crippen LogP contribution in [0.25, 0.3) is 0 Å². The summed E-state index contributed by atoms with van der Waals surface area (Å²) in [5, 5.41) is -2.88. The Bertz CT molecular complexity index is 743. The van der Waals surface area contributed by atoms with Gasteiger partial charge < -0.3 is 14.2 Å². The Morgan fingerprint density at radius 3 is 2.30 bits per heavy atom. The molecule has 0 saturated carbocycles. The SMILES string of the molecule is Cc1cc(C(=O)OC(C)(C)C)cc(C)c1CC(F)(F)SC[C@H](C)C1CCCOCCOCC1. The van der Waals surface area contributed by atoms with E-state index in [4.69, 9.17) is 14.2 Å². The molecule has 1 heterocycles. The van der Waals surface area contributed by atoms with Crippen LogP contribution in [0.1, 0.15) is 74.0 Å². The summed E-state index contributed by atoms with van der Waals surface area (Å²) in [5.74, 6) is 0.481. The highest BCUT2D eigenvalue weighted by Gasteiger charge is 2.33. The maximum atomic E-state index is 15.0. The number of hydrogen-bond donors (Lipinski definition) is 0. The van der Waals surface area contributed by atoms with Gasteiger partial charge in [0, 0.05) is 25.4 Å². The molecule has 0 amide bonds. The fraction of sp³-hybridized carbons (Fsp3) is 0.731. The monoisotopic (exact) mass is 486 g/mol. The third-order valence-electron chi connectivity index (χ3n) is 5.94. The first kappa shape index (κ1) is 28.1. The van der Waals surface area contributed by atoms with Crippen LogP contribution in [0.4, 0.5) is 8.78 Å². The second-order valence-electron chi connectivity index (χ2n) is 10.1. The Morgan fingerprint density at radius 2 is 1.70 bits per heavy atom. The number of rotatable bonds is 7. The van der Waals surface area contributed by atoms with Gasteiger partial charge in [0.1, 0.15) is 5.60 Å². The van der Waals surface area contributed by atoms with E-state index in [-0.39, 0.29) is 12.3 Å². The summed E-state index contributed by atoms with van der Waals surface area (Å²) in [6.45, 7) is 13.6. The van der Waals surface area contributed by atoms with Crippen LogP contribution in [-0.2, 0) is 20.6 Å². The second-order valence-corrected chi connectivity index (χ2v) is 11.3. The quantitative estimate of drug-likeness (QED) is 0.407. The van der Waals surface area contributed by atoms with Crippen molar-refractivity contribution in [1.29, 1.82) is 0 Å². The molecular formula is C26H40F2O4S. The molecule has 1 saturated heterocycles. The molecule has 1 unspecified atom stereocenters. The molecule has 1 aromatic carbocycles. The van der Waals surface area contributed by atoms with Gasteiger partial charge in [0.2, 0.25) is 0 Å². The average Bonchev–Trinajstić information content (AvgIpc) is 2.71. The standard InChI is InChI=1S/C26H40F2O4S/c1-18-14-22(24(29)32-25(4,5)6)15-19(2)23(18)16-26(27,28)33-17-20(3)21-8-7-10-30-12-13-31-11-9-21/h14-15,20-21H,7-13,16-17H2,1-6H3/t20-,21?/m0/s1. The summed E-state index contributed by atoms with van der Waals surface area (Å²) in [6, 6.07) is 3.31. The van der Waals surface area contributed by atoms with Crippen LogP contribution in [0, 0.1) is 25.7 Å². The van der Waals surface area contributed by atoms with Crippen LogP contribution in [0.2, 0.25) is 0 Å². The largest absolute Gasteiger partial charge is 0.456 e. The van der Waals surface area contributed by atoms with Crippen LogP contribution < -0.4 is 0 Å². The third-order valence-corrected chi connectivity index (χ3v) is 7.20. The van der Waals surface area contributed by atoms with Gasteiger partial charge in [0.25, 0.3) is 5.25 Å². The van der Waals surface area contributed by atoms with Crippen molar-refractivity contribution in [2.24, 2.45) is 11.8 Å². The second kappa shape index (κ2) is 12.5. The predicted molar refractivity (Wildman–Crippen MR) is 130 cm³/mol. The molecule has 0 aliphatic carbocycles. The molecule has 1 aliphatic heterocycles. The van der Waals surface area contributed by atoms with Gasteiger partial charge in [-0.3, -0.25) is 0 Å². The zero-order valence-corrected chi connectivity index (χ0v) is 21.8. The number of carbonyl (C=O) groups excluding carboxylic acids is 1. The molecule has 188 valence electrons. The van der Waals surface area contributed by atoms with E-state index in [1.165, 1.54) is 0 Å². The number of aryl methyl sites for hydroxylation is 2. The third kappa shape index (κ3) is 9.91. The van der Waals surface area contributed by atoms with Crippen molar-refractivity contribution in [1.82, 2.24) is 0 Å². The Labute approximate surface area is 202 Å². The van der Waals surface area contributed by atoms with Crippen molar-refractivity contribution in [3.05, 3.63) is 34.4 Å². The summed E-state index contributed by atoms with van der Waals surface area (Å²) < 4.78 is 46.4. The van der Waals surface area contributed by atoms with Gasteiger partial charge in [0.15, 0.2) is 0 Å². The number of hydrogen-bond acceptors (Lipinski definition) is 5. The molecule has 1 fully saturated rings. The first-order chi connectivity index (χ1) is 15.4. The summed E-state index contributed by atoms with van der Waals surface area (Å²) in [4.78, 5) is 12.4. The highest BCUT2D eigenvalue weighted by molar-refractivity contribution is 8.00. The summed E-state index contributed by atoms with van der Waals surface area (Å²) in [7, 11) is 0. The first-order valence-corrected chi connectivity index (χ1v) is 12.9. The van der Waals surface area contributed by atoms with Gasteiger partial charge in [-0.15, -0.1) is 0 Å². The van der Waals surface area contributed by atoms with E-state index in [2.05, 4.69) is 6.92 Å². The van der Waals surface area contributed by atoms with Crippen LogP contribution in [0.15, 0.2) is 12.1 Å². The fourth-order valence-electron chi connectivity index (χ4n) is 4.09. The molecule has 1 aromatic rings. The van der Waals surface area contributed by atoms with E-state index in [1.807, 2.05) is 0 Å². The molecule has 2 atom stereocenters. The number of carbonyl (C=O) groups is 1. The Balaban J connectivity index is 1.99. The zero-order chi connectivity index (χ0) is 24.6. The van der Waals surface area contributed by atoms with E-state index >= 15 is 0 Å². The maximum absolute atomic E-state index is 15.0. The van der Waals surface area contributed by atoms with Crippen molar-refractivity contribution in [3.63, 3.8) is 0 Å². The summed E-state index contributed by atoms with van der Waals surface area (Å²) in [6.07, 6.45) is 2.48. The maximum Gasteiger partial charge on any atom is 0.338 e. The topological polar surface area (TPSA) is 44.8 Å². The summed E-state index contributed by atoms with van der Waals surface area (Å²) in [5.41, 5.74) is 1.76. The molecule has 4 nitrogen and oxygen atoms in total. The van der Waals surface area contributed by atoms with E-state index in [0.717, 1.165) is 31.0 Å². The van der Waals surface area contributed by atoms with E-state index in [0.29, 0.717) is 60.4 Å².